The molecule has 1 aliphatic heterocycles. The van der Waals surface area contributed by atoms with Crippen LogP contribution in [0.25, 0.3) is 20.9 Å². The van der Waals surface area contributed by atoms with E-state index in [9.17, 15) is 31.1 Å². The first-order chi connectivity index (χ1) is 19.7. The third-order valence-corrected chi connectivity index (χ3v) is 9.27. The Hall–Kier alpha value is -3.26. The fourth-order valence-corrected chi connectivity index (χ4v) is 6.72. The monoisotopic (exact) mass is 615 g/mol. The zero-order valence-corrected chi connectivity index (χ0v) is 23.0. The molecule has 0 bridgehead atoms. The summed E-state index contributed by atoms with van der Waals surface area (Å²) in [5, 5.41) is 16.7. The predicted molar refractivity (Wildman–Crippen MR) is 141 cm³/mol. The molecule has 42 heavy (non-hydrogen) atoms. The average Bonchev–Trinajstić information content (AvgIpc) is 3.57. The van der Waals surface area contributed by atoms with Crippen LogP contribution in [-0.4, -0.2) is 62.2 Å². The van der Waals surface area contributed by atoms with Crippen molar-refractivity contribution in [2.75, 3.05) is 13.1 Å². The van der Waals surface area contributed by atoms with Crippen LogP contribution in [0.3, 0.4) is 0 Å². The van der Waals surface area contributed by atoms with Gasteiger partial charge in [0.2, 0.25) is 5.92 Å². The first-order valence-corrected chi connectivity index (χ1v) is 14.2. The SMILES string of the molecule is O=C(O)C(F)(F)F.O=C(O)C1CN(Cc2ccc(-c3nc4ccc(C5(C6CCC(F)(F)CC6)CC5)nc4s3)c(F)c2)C1. The van der Waals surface area contributed by atoms with E-state index in [0.29, 0.717) is 48.6 Å². The molecular formula is C28H27F6N3O4S. The van der Waals surface area contributed by atoms with Crippen LogP contribution < -0.4 is 0 Å². The molecule has 3 fully saturated rings. The summed E-state index contributed by atoms with van der Waals surface area (Å²) in [7, 11) is 0. The molecule has 3 aromatic rings. The number of benzene rings is 1. The third-order valence-electron chi connectivity index (χ3n) is 8.27. The highest BCUT2D eigenvalue weighted by Crippen LogP contribution is 2.58. The topological polar surface area (TPSA) is 104 Å². The number of halogens is 6. The second-order valence-electron chi connectivity index (χ2n) is 11.2. The zero-order chi connectivity index (χ0) is 30.4. The number of likely N-dealkylation sites (tertiary alicyclic amines) is 1. The first-order valence-electron chi connectivity index (χ1n) is 13.4. The van der Waals surface area contributed by atoms with Gasteiger partial charge in [-0.15, -0.1) is 0 Å². The Morgan fingerprint density at radius 3 is 2.19 bits per heavy atom. The number of pyridine rings is 1. The number of nitrogens with zero attached hydrogens (tertiary/aromatic N) is 3. The van der Waals surface area contributed by atoms with Crippen LogP contribution in [0.2, 0.25) is 0 Å². The highest BCUT2D eigenvalue weighted by atomic mass is 32.1. The summed E-state index contributed by atoms with van der Waals surface area (Å²) >= 11 is 1.35. The van der Waals surface area contributed by atoms with Crippen molar-refractivity contribution in [3.05, 3.63) is 47.4 Å². The molecule has 1 aromatic carbocycles. The van der Waals surface area contributed by atoms with E-state index in [2.05, 4.69) is 4.98 Å². The molecule has 2 saturated carbocycles. The average molecular weight is 616 g/mol. The van der Waals surface area contributed by atoms with E-state index in [1.165, 1.54) is 17.4 Å². The minimum Gasteiger partial charge on any atom is -0.481 e. The number of carboxylic acids is 2. The number of carbonyl (C=O) groups is 2. The van der Waals surface area contributed by atoms with E-state index in [4.69, 9.17) is 20.0 Å². The minimum absolute atomic E-state index is 0.0421. The second kappa shape index (κ2) is 11.1. The fourth-order valence-electron chi connectivity index (χ4n) is 5.75. The van der Waals surface area contributed by atoms with E-state index < -0.39 is 24.0 Å². The maximum Gasteiger partial charge on any atom is 0.490 e. The first kappa shape index (κ1) is 30.2. The number of hydrogen-bond donors (Lipinski definition) is 2. The van der Waals surface area contributed by atoms with Gasteiger partial charge in [0.1, 0.15) is 21.2 Å². The van der Waals surface area contributed by atoms with E-state index in [1.54, 1.807) is 6.07 Å². The van der Waals surface area contributed by atoms with Crippen LogP contribution >= 0.6 is 11.3 Å². The molecule has 2 aliphatic carbocycles. The van der Waals surface area contributed by atoms with Crippen molar-refractivity contribution in [3.63, 3.8) is 0 Å². The van der Waals surface area contributed by atoms with Crippen LogP contribution in [0.5, 0.6) is 0 Å². The van der Waals surface area contributed by atoms with Gasteiger partial charge in [0.25, 0.3) is 0 Å². The third kappa shape index (κ3) is 6.38. The summed E-state index contributed by atoms with van der Waals surface area (Å²) in [6, 6.07) is 8.97. The summed E-state index contributed by atoms with van der Waals surface area (Å²) in [5.41, 5.74) is 2.79. The van der Waals surface area contributed by atoms with Gasteiger partial charge < -0.3 is 10.2 Å². The lowest BCUT2D eigenvalue weighted by Gasteiger charge is -2.36. The van der Waals surface area contributed by atoms with E-state index in [1.807, 2.05) is 23.1 Å². The summed E-state index contributed by atoms with van der Waals surface area (Å²) in [5.74, 6) is -6.55. The van der Waals surface area contributed by atoms with Crippen LogP contribution in [0.4, 0.5) is 26.3 Å². The molecule has 6 rings (SSSR count). The maximum atomic E-state index is 15.0. The van der Waals surface area contributed by atoms with E-state index >= 15 is 0 Å². The summed E-state index contributed by atoms with van der Waals surface area (Å²) in [6.07, 6.45) is -2.14. The number of aliphatic carboxylic acids is 2. The van der Waals surface area contributed by atoms with Crippen molar-refractivity contribution < 1.29 is 46.1 Å². The Kier molecular flexibility index (Phi) is 7.98. The molecule has 0 spiro atoms. The lowest BCUT2D eigenvalue weighted by atomic mass is 9.75. The van der Waals surface area contributed by atoms with Gasteiger partial charge in [-0.05, 0) is 61.4 Å². The standard InChI is InChI=1S/C26H26F3N3O2S.C2HF3O2/c27-19-11-15(12-32-13-16(14-32)24(33)34)1-2-18(19)22-30-20-3-4-21(31-23(20)35-22)25(9-10-25)17-5-7-26(28,29)8-6-17;3-2(4,5)1(6)7/h1-4,11,16-17H,5-10,12-14H2,(H,33,34);(H,6,7). The summed E-state index contributed by atoms with van der Waals surface area (Å²) in [6.45, 7) is 1.48. The molecule has 226 valence electrons. The van der Waals surface area contributed by atoms with Crippen LogP contribution in [-0.2, 0) is 21.5 Å². The fraction of sp³-hybridized carbons (Fsp3) is 0.500. The largest absolute Gasteiger partial charge is 0.490 e. The number of carboxylic acid groups (broad SMARTS) is 2. The number of hydrogen-bond acceptors (Lipinski definition) is 6. The molecule has 7 nitrogen and oxygen atoms in total. The molecule has 0 amide bonds. The smallest absolute Gasteiger partial charge is 0.481 e. The van der Waals surface area contributed by atoms with Crippen molar-refractivity contribution in [2.45, 2.75) is 62.6 Å². The quantitative estimate of drug-likeness (QED) is 0.305. The second-order valence-corrected chi connectivity index (χ2v) is 12.2. The lowest BCUT2D eigenvalue weighted by molar-refractivity contribution is -0.192. The summed E-state index contributed by atoms with van der Waals surface area (Å²) < 4.78 is 74.1. The van der Waals surface area contributed by atoms with Gasteiger partial charge in [0.15, 0.2) is 0 Å². The van der Waals surface area contributed by atoms with Gasteiger partial charge in [-0.2, -0.15) is 13.2 Å². The van der Waals surface area contributed by atoms with E-state index in [0.717, 1.165) is 28.9 Å². The van der Waals surface area contributed by atoms with Gasteiger partial charge in [0, 0.05) is 49.1 Å². The molecule has 1 saturated heterocycles. The number of thiazole rings is 1. The Morgan fingerprint density at radius 1 is 1.00 bits per heavy atom. The maximum absolute atomic E-state index is 15.0. The Morgan fingerprint density at radius 2 is 1.64 bits per heavy atom. The normalized spacial score (nSPS) is 20.4. The number of fused-ring (bicyclic) bond motifs is 1. The Bertz CT molecular complexity index is 1490. The van der Waals surface area contributed by atoms with Crippen molar-refractivity contribution in [3.8, 4) is 10.6 Å². The molecule has 0 atom stereocenters. The van der Waals surface area contributed by atoms with Crippen LogP contribution in [0.1, 0.15) is 49.8 Å². The molecule has 0 unspecified atom stereocenters. The minimum atomic E-state index is -5.08. The van der Waals surface area contributed by atoms with Crippen LogP contribution in [0.15, 0.2) is 30.3 Å². The molecule has 3 aliphatic rings. The molecule has 3 heterocycles. The Balaban J connectivity index is 0.000000451. The molecular weight excluding hydrogens is 588 g/mol. The van der Waals surface area contributed by atoms with Crippen molar-refractivity contribution in [1.29, 1.82) is 0 Å². The van der Waals surface area contributed by atoms with E-state index in [-0.39, 0.29) is 35.9 Å². The number of aromatic nitrogens is 2. The predicted octanol–water partition coefficient (Wildman–Crippen LogP) is 6.50. The molecule has 14 heteroatoms. The molecule has 2 aromatic heterocycles. The van der Waals surface area contributed by atoms with Gasteiger partial charge in [-0.3, -0.25) is 9.69 Å². The number of alkyl halides is 5. The zero-order valence-electron chi connectivity index (χ0n) is 22.1. The van der Waals surface area contributed by atoms with Gasteiger partial charge >= 0.3 is 18.1 Å². The summed E-state index contributed by atoms with van der Waals surface area (Å²) in [4.78, 5) is 32.1. The highest BCUT2D eigenvalue weighted by Gasteiger charge is 2.54. The van der Waals surface area contributed by atoms with Crippen LogP contribution in [0, 0.1) is 17.7 Å². The highest BCUT2D eigenvalue weighted by molar-refractivity contribution is 7.21. The van der Waals surface area contributed by atoms with Crippen molar-refractivity contribution in [1.82, 2.24) is 14.9 Å². The van der Waals surface area contributed by atoms with Crippen molar-refractivity contribution >= 4 is 33.6 Å². The lowest BCUT2D eigenvalue weighted by Crippen LogP contribution is -2.49. The van der Waals surface area contributed by atoms with Crippen molar-refractivity contribution in [2.24, 2.45) is 11.8 Å². The Labute approximate surface area is 240 Å². The van der Waals surface area contributed by atoms with Gasteiger partial charge in [0.05, 0.1) is 5.92 Å². The molecule has 0 radical (unpaired) electrons. The number of rotatable bonds is 6. The van der Waals surface area contributed by atoms with Gasteiger partial charge in [-0.1, -0.05) is 17.4 Å². The van der Waals surface area contributed by atoms with Gasteiger partial charge in [-0.25, -0.2) is 27.9 Å². The molecule has 2 N–H and O–H groups in total.